The summed E-state index contributed by atoms with van der Waals surface area (Å²) in [5.74, 6) is 0.999. The van der Waals surface area contributed by atoms with E-state index in [4.69, 9.17) is 5.73 Å². The third-order valence-corrected chi connectivity index (χ3v) is 4.12. The molecule has 1 rings (SSSR count). The van der Waals surface area contributed by atoms with Crippen LogP contribution in [-0.4, -0.2) is 25.0 Å². The van der Waals surface area contributed by atoms with Gasteiger partial charge in [-0.05, 0) is 51.2 Å². The molecule has 0 saturated heterocycles. The highest BCUT2D eigenvalue weighted by Gasteiger charge is 2.24. The van der Waals surface area contributed by atoms with Gasteiger partial charge in [0.05, 0.1) is 18.0 Å². The molecule has 0 aliphatic carbocycles. The maximum atomic E-state index is 11.5. The van der Waals surface area contributed by atoms with Crippen molar-refractivity contribution in [2.75, 3.05) is 13.1 Å². The summed E-state index contributed by atoms with van der Waals surface area (Å²) in [6.45, 7) is 13.3. The van der Waals surface area contributed by atoms with E-state index in [2.05, 4.69) is 60.7 Å². The Bertz CT molecular complexity index is 576. The van der Waals surface area contributed by atoms with Crippen molar-refractivity contribution in [1.82, 2.24) is 10.6 Å². The lowest BCUT2D eigenvalue weighted by Gasteiger charge is -2.21. The third kappa shape index (κ3) is 7.16. The van der Waals surface area contributed by atoms with Gasteiger partial charge in [-0.2, -0.15) is 0 Å². The summed E-state index contributed by atoms with van der Waals surface area (Å²) in [5.41, 5.74) is 7.32. The smallest absolute Gasteiger partial charge is 0.224 e. The molecule has 0 spiro atoms. The van der Waals surface area contributed by atoms with E-state index in [0.717, 1.165) is 13.0 Å². The summed E-state index contributed by atoms with van der Waals surface area (Å²) in [5, 5.41) is 6.61. The van der Waals surface area contributed by atoms with Crippen LogP contribution in [0.15, 0.2) is 29.3 Å². The Morgan fingerprint density at radius 3 is 2.28 bits per heavy atom. The lowest BCUT2D eigenvalue weighted by Crippen LogP contribution is -2.41. The molecule has 25 heavy (non-hydrogen) atoms. The first-order valence-electron chi connectivity index (χ1n) is 9.09. The number of carbonyl (C=O) groups excluding carboxylic acids is 1. The molecular weight excluding hydrogens is 312 g/mol. The van der Waals surface area contributed by atoms with Gasteiger partial charge >= 0.3 is 0 Å². The summed E-state index contributed by atoms with van der Waals surface area (Å²) in [6, 6.07) is 8.81. The van der Waals surface area contributed by atoms with E-state index in [9.17, 15) is 4.79 Å². The Labute approximate surface area is 152 Å². The molecule has 0 heterocycles. The average molecular weight is 347 g/mol. The van der Waals surface area contributed by atoms with Crippen LogP contribution in [0, 0.1) is 11.3 Å². The van der Waals surface area contributed by atoms with Gasteiger partial charge in [-0.15, -0.1) is 0 Å². The first kappa shape index (κ1) is 21.0. The van der Waals surface area contributed by atoms with Gasteiger partial charge in [-0.1, -0.05) is 38.1 Å². The minimum Gasteiger partial charge on any atom is -0.369 e. The number of hydrogen-bond donors (Lipinski definition) is 3. The summed E-state index contributed by atoms with van der Waals surface area (Å²) in [7, 11) is 0. The molecule has 1 aromatic rings. The van der Waals surface area contributed by atoms with Gasteiger partial charge in [0.2, 0.25) is 5.91 Å². The van der Waals surface area contributed by atoms with Gasteiger partial charge < -0.3 is 16.4 Å². The second-order valence-electron chi connectivity index (χ2n) is 7.65. The molecule has 1 atom stereocenters. The first-order chi connectivity index (χ1) is 11.7. The maximum Gasteiger partial charge on any atom is 0.224 e. The Hall–Kier alpha value is -2.04. The molecule has 1 unspecified atom stereocenters. The standard InChI is InChI=1S/C20H34N4O/c1-7-22-19(23-13-20(5,6)18(21)25)24-15(4)17-10-8-16(9-11-17)12-14(2)3/h8-11,14-15H,7,12-13H2,1-6H3,(H2,21,25)(H2,22,23,24). The molecule has 0 aliphatic rings. The number of nitrogens with zero attached hydrogens (tertiary/aromatic N) is 1. The van der Waals surface area contributed by atoms with Gasteiger partial charge in [-0.3, -0.25) is 9.79 Å². The van der Waals surface area contributed by atoms with Crippen molar-refractivity contribution in [2.24, 2.45) is 22.1 Å². The normalized spacial score (nSPS) is 13.6. The lowest BCUT2D eigenvalue weighted by molar-refractivity contribution is -0.125. The molecule has 0 bridgehead atoms. The van der Waals surface area contributed by atoms with Gasteiger partial charge in [0.15, 0.2) is 5.96 Å². The van der Waals surface area contributed by atoms with Crippen LogP contribution in [0.4, 0.5) is 0 Å². The largest absolute Gasteiger partial charge is 0.369 e. The number of carbonyl (C=O) groups is 1. The van der Waals surface area contributed by atoms with Crippen LogP contribution in [-0.2, 0) is 11.2 Å². The van der Waals surface area contributed by atoms with Gasteiger partial charge in [0, 0.05) is 6.54 Å². The number of aliphatic imine (C=N–C) groups is 1. The fraction of sp³-hybridized carbons (Fsp3) is 0.600. The highest BCUT2D eigenvalue weighted by Crippen LogP contribution is 2.16. The Morgan fingerprint density at radius 2 is 1.80 bits per heavy atom. The number of guanidine groups is 1. The molecule has 5 nitrogen and oxygen atoms in total. The topological polar surface area (TPSA) is 79.5 Å². The second-order valence-corrected chi connectivity index (χ2v) is 7.65. The van der Waals surface area contributed by atoms with E-state index >= 15 is 0 Å². The summed E-state index contributed by atoms with van der Waals surface area (Å²) >= 11 is 0. The van der Waals surface area contributed by atoms with Crippen LogP contribution in [0.3, 0.4) is 0 Å². The van der Waals surface area contributed by atoms with Crippen LogP contribution in [0.25, 0.3) is 0 Å². The van der Waals surface area contributed by atoms with Crippen LogP contribution >= 0.6 is 0 Å². The van der Waals surface area contributed by atoms with E-state index in [1.165, 1.54) is 11.1 Å². The predicted molar refractivity (Wildman–Crippen MR) is 105 cm³/mol. The van der Waals surface area contributed by atoms with Crippen molar-refractivity contribution >= 4 is 11.9 Å². The number of nitrogens with one attached hydrogen (secondary N) is 2. The van der Waals surface area contributed by atoms with Gasteiger partial charge in [0.25, 0.3) is 0 Å². The Kier molecular flexibility index (Phi) is 7.94. The zero-order valence-electron chi connectivity index (χ0n) is 16.5. The van der Waals surface area contributed by atoms with Crippen molar-refractivity contribution in [2.45, 2.75) is 54.0 Å². The Morgan fingerprint density at radius 1 is 1.20 bits per heavy atom. The summed E-state index contributed by atoms with van der Waals surface area (Å²) in [6.07, 6.45) is 1.09. The zero-order chi connectivity index (χ0) is 19.0. The Balaban J connectivity index is 2.78. The van der Waals surface area contributed by atoms with Gasteiger partial charge in [0.1, 0.15) is 0 Å². The average Bonchev–Trinajstić information content (AvgIpc) is 2.52. The highest BCUT2D eigenvalue weighted by molar-refractivity contribution is 5.82. The lowest BCUT2D eigenvalue weighted by atomic mass is 9.93. The van der Waals surface area contributed by atoms with Gasteiger partial charge in [-0.25, -0.2) is 0 Å². The predicted octanol–water partition coefficient (Wildman–Crippen LogP) is 3.01. The maximum absolute atomic E-state index is 11.5. The van der Waals surface area contributed by atoms with E-state index in [0.29, 0.717) is 18.4 Å². The SMILES string of the molecule is CCNC(=NCC(C)(C)C(N)=O)NC(C)c1ccc(CC(C)C)cc1. The number of hydrogen-bond acceptors (Lipinski definition) is 2. The number of primary amides is 1. The molecule has 0 saturated carbocycles. The number of rotatable bonds is 8. The fourth-order valence-corrected chi connectivity index (χ4v) is 2.38. The molecular formula is C20H34N4O. The van der Waals surface area contributed by atoms with Crippen molar-refractivity contribution in [1.29, 1.82) is 0 Å². The molecule has 4 N–H and O–H groups in total. The fourth-order valence-electron chi connectivity index (χ4n) is 2.38. The summed E-state index contributed by atoms with van der Waals surface area (Å²) < 4.78 is 0. The molecule has 0 aliphatic heterocycles. The highest BCUT2D eigenvalue weighted by atomic mass is 16.1. The quantitative estimate of drug-likeness (QED) is 0.500. The molecule has 0 fully saturated rings. The minimum absolute atomic E-state index is 0.114. The molecule has 0 radical (unpaired) electrons. The van der Waals surface area contributed by atoms with Crippen LogP contribution in [0.5, 0.6) is 0 Å². The monoisotopic (exact) mass is 346 g/mol. The van der Waals surface area contributed by atoms with Crippen molar-refractivity contribution in [3.05, 3.63) is 35.4 Å². The van der Waals surface area contributed by atoms with Crippen LogP contribution < -0.4 is 16.4 Å². The van der Waals surface area contributed by atoms with Crippen molar-refractivity contribution < 1.29 is 4.79 Å². The van der Waals surface area contributed by atoms with E-state index < -0.39 is 5.41 Å². The molecule has 1 aromatic carbocycles. The van der Waals surface area contributed by atoms with E-state index in [-0.39, 0.29) is 11.9 Å². The van der Waals surface area contributed by atoms with Crippen molar-refractivity contribution in [3.8, 4) is 0 Å². The number of nitrogens with two attached hydrogens (primary N) is 1. The number of amides is 1. The molecule has 1 amide bonds. The first-order valence-corrected chi connectivity index (χ1v) is 9.09. The second kappa shape index (κ2) is 9.44. The van der Waals surface area contributed by atoms with E-state index in [1.807, 2.05) is 6.92 Å². The number of benzene rings is 1. The molecule has 140 valence electrons. The van der Waals surface area contributed by atoms with E-state index in [1.54, 1.807) is 13.8 Å². The minimum atomic E-state index is -0.663. The molecule has 5 heteroatoms. The van der Waals surface area contributed by atoms with Crippen LogP contribution in [0.2, 0.25) is 0 Å². The zero-order valence-corrected chi connectivity index (χ0v) is 16.5. The molecule has 0 aromatic heterocycles. The van der Waals surface area contributed by atoms with Crippen LogP contribution in [0.1, 0.15) is 58.7 Å². The van der Waals surface area contributed by atoms with Crippen molar-refractivity contribution in [3.63, 3.8) is 0 Å². The summed E-state index contributed by atoms with van der Waals surface area (Å²) in [4.78, 5) is 16.0. The third-order valence-electron chi connectivity index (χ3n) is 4.12.